The number of likely N-dealkylation sites (tertiary alicyclic amines) is 1. The molecule has 21 heavy (non-hydrogen) atoms. The van der Waals surface area contributed by atoms with Gasteiger partial charge in [-0.3, -0.25) is 4.79 Å². The van der Waals surface area contributed by atoms with E-state index in [2.05, 4.69) is 0 Å². The molecule has 1 fully saturated rings. The van der Waals surface area contributed by atoms with Crippen LogP contribution in [0.5, 0.6) is 0 Å². The lowest BCUT2D eigenvalue weighted by Gasteiger charge is -2.22. The Bertz CT molecular complexity index is 718. The van der Waals surface area contributed by atoms with Gasteiger partial charge in [0.15, 0.2) is 5.76 Å². The number of hydrogen-bond acceptors (Lipinski definition) is 3. The van der Waals surface area contributed by atoms with E-state index in [-0.39, 0.29) is 17.6 Å². The summed E-state index contributed by atoms with van der Waals surface area (Å²) in [4.78, 5) is 25.3. The second-order valence-electron chi connectivity index (χ2n) is 5.70. The highest BCUT2D eigenvalue weighted by Crippen LogP contribution is 2.28. The highest BCUT2D eigenvalue weighted by molar-refractivity contribution is 5.98. The number of rotatable bonds is 2. The van der Waals surface area contributed by atoms with Crippen LogP contribution in [-0.4, -0.2) is 34.5 Å². The van der Waals surface area contributed by atoms with Crippen molar-refractivity contribution in [3.63, 3.8) is 0 Å². The topological polar surface area (TPSA) is 70.8 Å². The number of hydrogen-bond donors (Lipinski definition) is 1. The molecule has 110 valence electrons. The minimum atomic E-state index is -0.958. The Labute approximate surface area is 122 Å². The van der Waals surface area contributed by atoms with Crippen LogP contribution in [0, 0.1) is 12.8 Å². The van der Waals surface area contributed by atoms with Crippen molar-refractivity contribution in [3.8, 4) is 0 Å². The van der Waals surface area contributed by atoms with Crippen LogP contribution in [0.3, 0.4) is 0 Å². The third-order valence-electron chi connectivity index (χ3n) is 4.10. The van der Waals surface area contributed by atoms with Crippen molar-refractivity contribution < 1.29 is 19.1 Å². The zero-order chi connectivity index (χ0) is 15.1. The molecule has 2 aromatic rings. The van der Waals surface area contributed by atoms with E-state index < -0.39 is 12.0 Å². The molecule has 0 saturated carbocycles. The predicted molar refractivity (Wildman–Crippen MR) is 77.2 cm³/mol. The maximum absolute atomic E-state index is 12.5. The van der Waals surface area contributed by atoms with Gasteiger partial charge >= 0.3 is 5.97 Å². The first kappa shape index (κ1) is 13.7. The Balaban J connectivity index is 1.94. The quantitative estimate of drug-likeness (QED) is 0.921. The maximum Gasteiger partial charge on any atom is 0.326 e. The molecule has 1 amide bonds. The monoisotopic (exact) mass is 287 g/mol. The van der Waals surface area contributed by atoms with Crippen molar-refractivity contribution in [3.05, 3.63) is 35.6 Å². The molecule has 1 aliphatic rings. The summed E-state index contributed by atoms with van der Waals surface area (Å²) < 4.78 is 5.58. The fraction of sp³-hybridized carbons (Fsp3) is 0.375. The lowest BCUT2D eigenvalue weighted by molar-refractivity contribution is -0.142. The summed E-state index contributed by atoms with van der Waals surface area (Å²) in [5.74, 6) is -1.14. The van der Waals surface area contributed by atoms with Gasteiger partial charge in [0.05, 0.1) is 0 Å². The second kappa shape index (κ2) is 4.91. The van der Waals surface area contributed by atoms with Gasteiger partial charge in [0.25, 0.3) is 5.91 Å². The molecule has 2 atom stereocenters. The fourth-order valence-corrected chi connectivity index (χ4v) is 2.96. The predicted octanol–water partition coefficient (Wildman–Crippen LogP) is 2.68. The summed E-state index contributed by atoms with van der Waals surface area (Å²) in [5, 5.41) is 10.2. The first-order chi connectivity index (χ1) is 9.97. The number of nitrogens with zero attached hydrogens (tertiary/aromatic N) is 1. The van der Waals surface area contributed by atoms with Crippen LogP contribution >= 0.6 is 0 Å². The molecule has 2 unspecified atom stereocenters. The molecule has 1 N–H and O–H groups in total. The van der Waals surface area contributed by atoms with Gasteiger partial charge in [0.2, 0.25) is 0 Å². The summed E-state index contributed by atoms with van der Waals surface area (Å²) in [6.07, 6.45) is 0.696. The van der Waals surface area contributed by atoms with E-state index in [1.165, 1.54) is 4.90 Å². The minimum Gasteiger partial charge on any atom is -0.480 e. The van der Waals surface area contributed by atoms with E-state index in [1.54, 1.807) is 6.07 Å². The molecule has 1 aromatic carbocycles. The van der Waals surface area contributed by atoms with Crippen molar-refractivity contribution in [1.29, 1.82) is 0 Å². The van der Waals surface area contributed by atoms with Crippen LogP contribution in [0.4, 0.5) is 0 Å². The molecule has 2 heterocycles. The third-order valence-corrected chi connectivity index (χ3v) is 4.10. The zero-order valence-corrected chi connectivity index (χ0v) is 12.0. The molecule has 0 spiro atoms. The van der Waals surface area contributed by atoms with E-state index in [4.69, 9.17) is 4.42 Å². The van der Waals surface area contributed by atoms with E-state index >= 15 is 0 Å². The van der Waals surface area contributed by atoms with Gasteiger partial charge in [-0.1, -0.05) is 18.6 Å². The molecule has 1 aliphatic heterocycles. The van der Waals surface area contributed by atoms with Crippen molar-refractivity contribution in [2.45, 2.75) is 26.3 Å². The first-order valence-electron chi connectivity index (χ1n) is 7.01. The molecule has 1 aromatic heterocycles. The molecular formula is C16H17NO4. The molecule has 5 nitrogen and oxygen atoms in total. The van der Waals surface area contributed by atoms with Gasteiger partial charge < -0.3 is 14.4 Å². The van der Waals surface area contributed by atoms with Crippen molar-refractivity contribution >= 4 is 22.8 Å². The van der Waals surface area contributed by atoms with Gasteiger partial charge in [-0.05, 0) is 37.5 Å². The standard InChI is InChI=1S/C16H17NO4/c1-9-3-4-12-11(7-9)8-13(21-12)15(18)17-6-5-10(2)14(17)16(19)20/h3-4,7-8,10,14H,5-6H2,1-2H3,(H,19,20). The number of amides is 1. The Morgan fingerprint density at radius 1 is 1.33 bits per heavy atom. The second-order valence-corrected chi connectivity index (χ2v) is 5.70. The first-order valence-corrected chi connectivity index (χ1v) is 7.01. The van der Waals surface area contributed by atoms with Gasteiger partial charge in [-0.2, -0.15) is 0 Å². The van der Waals surface area contributed by atoms with Crippen LogP contribution in [0.2, 0.25) is 0 Å². The molecule has 1 saturated heterocycles. The van der Waals surface area contributed by atoms with Crippen LogP contribution in [0.15, 0.2) is 28.7 Å². The van der Waals surface area contributed by atoms with Crippen LogP contribution < -0.4 is 0 Å². The normalized spacial score (nSPS) is 21.9. The number of aliphatic carboxylic acids is 1. The smallest absolute Gasteiger partial charge is 0.326 e. The van der Waals surface area contributed by atoms with Gasteiger partial charge in [-0.25, -0.2) is 4.79 Å². The highest BCUT2D eigenvalue weighted by atomic mass is 16.4. The van der Waals surface area contributed by atoms with E-state index in [0.29, 0.717) is 18.5 Å². The number of carboxylic acids is 1. The number of carbonyl (C=O) groups is 2. The lowest BCUT2D eigenvalue weighted by atomic mass is 10.0. The Kier molecular flexibility index (Phi) is 3.20. The Morgan fingerprint density at radius 2 is 2.10 bits per heavy atom. The van der Waals surface area contributed by atoms with Gasteiger partial charge in [-0.15, -0.1) is 0 Å². The van der Waals surface area contributed by atoms with Crippen LogP contribution in [0.1, 0.15) is 29.5 Å². The van der Waals surface area contributed by atoms with Gasteiger partial charge in [0.1, 0.15) is 11.6 Å². The van der Waals surface area contributed by atoms with Crippen LogP contribution in [0.25, 0.3) is 11.0 Å². The van der Waals surface area contributed by atoms with Crippen molar-refractivity contribution in [1.82, 2.24) is 4.90 Å². The number of benzene rings is 1. The largest absolute Gasteiger partial charge is 0.480 e. The third kappa shape index (κ3) is 2.28. The molecule has 0 bridgehead atoms. The van der Waals surface area contributed by atoms with E-state index in [0.717, 1.165) is 10.9 Å². The number of carbonyl (C=O) groups excluding carboxylic acids is 1. The Hall–Kier alpha value is -2.30. The molecular weight excluding hydrogens is 270 g/mol. The summed E-state index contributed by atoms with van der Waals surface area (Å²) in [5.41, 5.74) is 1.73. The summed E-state index contributed by atoms with van der Waals surface area (Å²) in [6, 6.07) is 6.59. The maximum atomic E-state index is 12.5. The van der Waals surface area contributed by atoms with E-state index in [9.17, 15) is 14.7 Å². The number of fused-ring (bicyclic) bond motifs is 1. The fourth-order valence-electron chi connectivity index (χ4n) is 2.96. The van der Waals surface area contributed by atoms with Crippen LogP contribution in [-0.2, 0) is 4.79 Å². The zero-order valence-electron chi connectivity index (χ0n) is 12.0. The summed E-state index contributed by atoms with van der Waals surface area (Å²) >= 11 is 0. The van der Waals surface area contributed by atoms with Crippen molar-refractivity contribution in [2.24, 2.45) is 5.92 Å². The Morgan fingerprint density at radius 3 is 2.81 bits per heavy atom. The average Bonchev–Trinajstić information content (AvgIpc) is 3.00. The lowest BCUT2D eigenvalue weighted by Crippen LogP contribution is -2.42. The summed E-state index contributed by atoms with van der Waals surface area (Å²) in [6.45, 7) is 4.28. The SMILES string of the molecule is Cc1ccc2oc(C(=O)N3CCC(C)C3C(=O)O)cc2c1. The minimum absolute atomic E-state index is 0.0435. The summed E-state index contributed by atoms with van der Waals surface area (Å²) in [7, 11) is 0. The van der Waals surface area contributed by atoms with Crippen molar-refractivity contribution in [2.75, 3.05) is 6.54 Å². The number of carboxylic acid groups (broad SMARTS) is 1. The highest BCUT2D eigenvalue weighted by Gasteiger charge is 2.40. The molecule has 5 heteroatoms. The van der Waals surface area contributed by atoms with E-state index in [1.807, 2.05) is 32.0 Å². The molecule has 3 rings (SSSR count). The molecule has 0 radical (unpaired) electrons. The average molecular weight is 287 g/mol. The number of furan rings is 1. The molecule has 0 aliphatic carbocycles. The number of aryl methyl sites for hydroxylation is 1. The van der Waals surface area contributed by atoms with Gasteiger partial charge in [0, 0.05) is 11.9 Å².